The summed E-state index contributed by atoms with van der Waals surface area (Å²) in [5.74, 6) is -0.646. The van der Waals surface area contributed by atoms with Crippen LogP contribution in [0.4, 0.5) is 0 Å². The molecule has 6 aliphatic heterocycles. The van der Waals surface area contributed by atoms with Crippen LogP contribution in [0.3, 0.4) is 0 Å². The minimum Gasteiger partial charge on any atom is -0.432 e. The van der Waals surface area contributed by atoms with Crippen molar-refractivity contribution in [2.24, 2.45) is 50.2 Å². The summed E-state index contributed by atoms with van der Waals surface area (Å²) in [5, 5.41) is 184. The zero-order valence-electron chi connectivity index (χ0n) is 55.4. The summed E-state index contributed by atoms with van der Waals surface area (Å²) in [7, 11) is 0. The molecule has 11 aliphatic rings. The van der Waals surface area contributed by atoms with Gasteiger partial charge in [0.2, 0.25) is 6.29 Å². The van der Waals surface area contributed by atoms with Crippen molar-refractivity contribution in [2.75, 3.05) is 26.4 Å². The largest absolute Gasteiger partial charge is 0.432 e. The van der Waals surface area contributed by atoms with Crippen molar-refractivity contribution in [1.82, 2.24) is 0 Å². The molecule has 10 fully saturated rings. The van der Waals surface area contributed by atoms with E-state index in [1.165, 1.54) is 19.4 Å². The first-order valence-corrected chi connectivity index (χ1v) is 34.0. The van der Waals surface area contributed by atoms with Crippen LogP contribution in [0.15, 0.2) is 11.6 Å². The Bertz CT molecular complexity index is 2670. The fraction of sp³-hybridized carbons (Fsp3) is 0.954. The maximum absolute atomic E-state index is 15.3. The first-order chi connectivity index (χ1) is 44.5. The van der Waals surface area contributed by atoms with Crippen molar-refractivity contribution in [3.05, 3.63) is 11.6 Å². The number of aliphatic hydroxyl groups is 17. The molecule has 0 bridgehead atoms. The van der Waals surface area contributed by atoms with Gasteiger partial charge in [0.05, 0.1) is 50.2 Å². The SMILES string of the molecule is C[C@@H]1O[C@@H](O[C@H]2[C@H](O)[C@@H](O)[C@H](OC[C@H]3O[C@@H](OC(=O)[C@]45CCC(C)(C)C[C@H]4C4=CC[C@@H]6[C@@]7(C)CC[C@H](O[C@@H]8OC[C@@H](O)[C@H](O)[C@H]8O[C@@H]8O[C@@H](C)[C@H](O)[C@@H](O[C@@H]9O[C@H](CO)[C@@H](O)[C@H](O)[C@H]9O)[C@H]8O)C(C)(C)[C@@H]7CC[C@@]6(C)[C@]4(C)CC5)[C@H](O)[C@@H](O)[C@@H]3O)O[C@@H]2CO)[C@H](O)[C@H](O)[C@H]1O. The lowest BCUT2D eigenvalue weighted by molar-refractivity contribution is -0.382. The third kappa shape index (κ3) is 12.9. The van der Waals surface area contributed by atoms with Gasteiger partial charge in [-0.1, -0.05) is 60.1 Å². The van der Waals surface area contributed by atoms with E-state index in [9.17, 15) is 86.8 Å². The number of fused-ring (bicyclic) bond motifs is 7. The van der Waals surface area contributed by atoms with Gasteiger partial charge in [0.25, 0.3) is 0 Å². The molecule has 11 rings (SSSR count). The topological polar surface area (TPSA) is 472 Å². The molecule has 4 saturated carbocycles. The Balaban J connectivity index is 0.762. The zero-order valence-corrected chi connectivity index (χ0v) is 55.4. The number of hydrogen-bond donors (Lipinski definition) is 17. The third-order valence-electron chi connectivity index (χ3n) is 25.2. The number of carbonyl (C=O) groups is 1. The van der Waals surface area contributed by atoms with E-state index in [0.717, 1.165) is 19.3 Å². The normalized spacial score (nSPS) is 54.6. The first-order valence-electron chi connectivity index (χ1n) is 34.0. The summed E-state index contributed by atoms with van der Waals surface area (Å²) in [6, 6.07) is 0. The van der Waals surface area contributed by atoms with Crippen LogP contribution in [-0.4, -0.2) is 303 Å². The predicted octanol–water partition coefficient (Wildman–Crippen LogP) is -3.69. The van der Waals surface area contributed by atoms with Crippen LogP contribution in [0.2, 0.25) is 0 Å². The van der Waals surface area contributed by atoms with Gasteiger partial charge in [0.1, 0.15) is 128 Å². The lowest BCUT2D eigenvalue weighted by atomic mass is 9.33. The molecule has 37 atom stereocenters. The highest BCUT2D eigenvalue weighted by molar-refractivity contribution is 5.79. The molecule has 30 heteroatoms. The molecule has 5 aliphatic carbocycles. The van der Waals surface area contributed by atoms with E-state index >= 15 is 4.79 Å². The van der Waals surface area contributed by atoms with E-state index < -0.39 is 226 Å². The highest BCUT2D eigenvalue weighted by Crippen LogP contribution is 2.76. The lowest BCUT2D eigenvalue weighted by Crippen LogP contribution is -2.66. The van der Waals surface area contributed by atoms with Gasteiger partial charge in [-0.25, -0.2) is 0 Å². The van der Waals surface area contributed by atoms with Gasteiger partial charge >= 0.3 is 5.97 Å². The van der Waals surface area contributed by atoms with Gasteiger partial charge in [-0.05, 0) is 123 Å². The number of esters is 1. The number of aliphatic hydroxyl groups excluding tert-OH is 17. The molecule has 6 heterocycles. The Morgan fingerprint density at radius 3 is 1.71 bits per heavy atom. The maximum atomic E-state index is 15.3. The van der Waals surface area contributed by atoms with Crippen LogP contribution >= 0.6 is 0 Å². The monoisotopic (exact) mass is 1370 g/mol. The second-order valence-corrected chi connectivity index (χ2v) is 31.4. The molecule has 0 aromatic carbocycles. The molecule has 95 heavy (non-hydrogen) atoms. The standard InChI is InChI=1S/C65H106O30/c1-25-36(69)41(74)45(78)54(86-25)92-50-31(22-67)89-53(48(81)44(50)77)85-24-32-40(73)43(76)47(80)56(90-32)95-59(83)65-18-16-60(3,4)20-28(65)27-10-11-34-62(7)14-13-35(61(5,6)33(62)12-15-64(34,9)63(27,8)17-19-65)91-58-52(38(71)29(68)23-84-58)94-57-49(82)51(37(70)26(2)87-57)93-55-46(79)42(75)39(72)30(21-66)88-55/h10,25-26,28-58,66-82H,11-24H2,1-9H3/t25-,26-,28-,29+,30+,31+,32+,33-,34+,35-,36-,37-,38-,39+,40+,41+,42-,43-,44+,45+,46+,47+,48+,49+,50+,51+,52+,53+,54-,55-,56-,57-,58-,62-,63+,64+,65-/m0/s1. The number of ether oxygens (including phenoxy) is 12. The van der Waals surface area contributed by atoms with E-state index in [2.05, 4.69) is 54.5 Å². The van der Waals surface area contributed by atoms with E-state index in [0.29, 0.717) is 44.9 Å². The second kappa shape index (κ2) is 27.7. The predicted molar refractivity (Wildman–Crippen MR) is 319 cm³/mol. The average Bonchev–Trinajstić information content (AvgIpc) is 0.673. The fourth-order valence-corrected chi connectivity index (χ4v) is 19.0. The first kappa shape index (κ1) is 74.3. The molecule has 0 spiro atoms. The third-order valence-corrected chi connectivity index (χ3v) is 25.2. The highest BCUT2D eigenvalue weighted by Gasteiger charge is 2.71. The molecule has 0 amide bonds. The fourth-order valence-electron chi connectivity index (χ4n) is 19.0. The van der Waals surface area contributed by atoms with E-state index in [1.807, 2.05) is 0 Å². The van der Waals surface area contributed by atoms with Crippen molar-refractivity contribution in [2.45, 2.75) is 311 Å². The molecule has 0 unspecified atom stereocenters. The van der Waals surface area contributed by atoms with Gasteiger partial charge < -0.3 is 144 Å². The van der Waals surface area contributed by atoms with E-state index in [-0.39, 0.29) is 40.6 Å². The number of carbonyl (C=O) groups excluding carboxylic acids is 1. The van der Waals surface area contributed by atoms with Gasteiger partial charge in [0, 0.05) is 0 Å². The van der Waals surface area contributed by atoms with Crippen LogP contribution in [0.1, 0.15) is 127 Å². The smallest absolute Gasteiger partial charge is 0.315 e. The molecular formula is C65H106O30. The molecule has 30 nitrogen and oxygen atoms in total. The zero-order chi connectivity index (χ0) is 69.3. The van der Waals surface area contributed by atoms with Crippen LogP contribution in [0.25, 0.3) is 0 Å². The molecule has 546 valence electrons. The molecule has 6 saturated heterocycles. The van der Waals surface area contributed by atoms with Crippen molar-refractivity contribution in [3.8, 4) is 0 Å². The second-order valence-electron chi connectivity index (χ2n) is 31.4. The van der Waals surface area contributed by atoms with Crippen LogP contribution in [-0.2, 0) is 61.6 Å². The summed E-state index contributed by atoms with van der Waals surface area (Å²) in [6.07, 6.45) is -38.5. The van der Waals surface area contributed by atoms with E-state index in [4.69, 9.17) is 56.8 Å². The summed E-state index contributed by atoms with van der Waals surface area (Å²) in [6.45, 7) is 16.2. The Hall–Kier alpha value is -1.91. The minimum atomic E-state index is -1.91. The van der Waals surface area contributed by atoms with Crippen LogP contribution in [0.5, 0.6) is 0 Å². The Morgan fingerprint density at radius 2 is 1.04 bits per heavy atom. The van der Waals surface area contributed by atoms with Gasteiger partial charge in [-0.15, -0.1) is 0 Å². The van der Waals surface area contributed by atoms with E-state index in [1.54, 1.807) is 0 Å². The lowest BCUT2D eigenvalue weighted by Gasteiger charge is -2.71. The van der Waals surface area contributed by atoms with Crippen molar-refractivity contribution < 1.29 is 148 Å². The number of allylic oxidation sites excluding steroid dienone is 2. The van der Waals surface area contributed by atoms with Gasteiger partial charge in [-0.2, -0.15) is 0 Å². The van der Waals surface area contributed by atoms with Crippen molar-refractivity contribution in [1.29, 1.82) is 0 Å². The minimum absolute atomic E-state index is 0.0952. The molecule has 17 N–H and O–H groups in total. The van der Waals surface area contributed by atoms with Crippen LogP contribution < -0.4 is 0 Å². The molecule has 0 aromatic heterocycles. The van der Waals surface area contributed by atoms with Crippen LogP contribution in [0, 0.1) is 50.2 Å². The van der Waals surface area contributed by atoms with Crippen molar-refractivity contribution in [3.63, 3.8) is 0 Å². The highest BCUT2D eigenvalue weighted by atomic mass is 16.8. The Labute approximate surface area is 551 Å². The summed E-state index contributed by atoms with van der Waals surface area (Å²) in [4.78, 5) is 15.3. The summed E-state index contributed by atoms with van der Waals surface area (Å²) < 4.78 is 71.6. The molecular weight excluding hydrogens is 1260 g/mol. The van der Waals surface area contributed by atoms with Gasteiger partial charge in [-0.3, -0.25) is 4.79 Å². The van der Waals surface area contributed by atoms with Crippen molar-refractivity contribution >= 4 is 5.97 Å². The summed E-state index contributed by atoms with van der Waals surface area (Å²) >= 11 is 0. The molecule has 0 aromatic rings. The Morgan fingerprint density at radius 1 is 0.495 bits per heavy atom. The number of hydrogen-bond acceptors (Lipinski definition) is 30. The average molecular weight is 1370 g/mol. The summed E-state index contributed by atoms with van der Waals surface area (Å²) in [5.41, 5.74) is -1.49. The Kier molecular flexibility index (Phi) is 21.7. The quantitative estimate of drug-likeness (QED) is 0.0426. The number of rotatable bonds is 15. The maximum Gasteiger partial charge on any atom is 0.315 e. The molecule has 0 radical (unpaired) electrons. The van der Waals surface area contributed by atoms with Gasteiger partial charge in [0.15, 0.2) is 31.5 Å².